The Morgan fingerprint density at radius 2 is 1.75 bits per heavy atom. The highest BCUT2D eigenvalue weighted by molar-refractivity contribution is 6.20. The minimum absolute atomic E-state index is 0.00738. The Hall–Kier alpha value is 0.210. The van der Waals surface area contributed by atoms with Crippen LogP contribution < -0.4 is 0 Å². The third kappa shape index (κ3) is 8.49. The van der Waals surface area contributed by atoms with E-state index in [-0.39, 0.29) is 11.5 Å². The first-order chi connectivity index (χ1) is 9.46. The van der Waals surface area contributed by atoms with E-state index in [2.05, 4.69) is 27.7 Å². The van der Waals surface area contributed by atoms with Crippen molar-refractivity contribution in [3.05, 3.63) is 0 Å². The van der Waals surface area contributed by atoms with E-state index in [0.29, 0.717) is 18.4 Å². The highest BCUT2D eigenvalue weighted by Crippen LogP contribution is 2.28. The molecule has 20 heavy (non-hydrogen) atoms. The second kappa shape index (κ2) is 11.8. The molecule has 0 aromatic carbocycles. The van der Waals surface area contributed by atoms with Crippen molar-refractivity contribution in [2.45, 2.75) is 77.7 Å². The lowest BCUT2D eigenvalue weighted by Crippen LogP contribution is -2.30. The number of aliphatic hydroxyl groups excluding tert-OH is 1. The second-order valence-electron chi connectivity index (χ2n) is 6.40. The minimum atomic E-state index is -0.239. The first-order valence-corrected chi connectivity index (χ1v) is 8.70. The largest absolute Gasteiger partial charge is 0.393 e. The lowest BCUT2D eigenvalue weighted by Gasteiger charge is -2.29. The zero-order valence-electron chi connectivity index (χ0n) is 14.1. The Morgan fingerprint density at radius 3 is 2.25 bits per heavy atom. The Morgan fingerprint density at radius 1 is 1.10 bits per heavy atom. The van der Waals surface area contributed by atoms with Gasteiger partial charge in [-0.15, -0.1) is 11.6 Å². The van der Waals surface area contributed by atoms with Crippen molar-refractivity contribution in [1.82, 2.24) is 0 Å². The van der Waals surface area contributed by atoms with Gasteiger partial charge in [-0.05, 0) is 37.0 Å². The standard InChI is InChI=1S/C17H35ClO2/c1-6-8-15(11-16(18)12-20-5)17(19)14(4)10-9-13(3)7-2/h13-17,19H,6-12H2,1-5H3/t13-,14+,15-,16?,17-/m0/s1. The van der Waals surface area contributed by atoms with Crippen LogP contribution >= 0.6 is 11.6 Å². The zero-order chi connectivity index (χ0) is 15.5. The molecule has 0 aromatic rings. The van der Waals surface area contributed by atoms with E-state index in [0.717, 1.165) is 31.6 Å². The molecule has 0 heterocycles. The van der Waals surface area contributed by atoms with Crippen LogP contribution in [0.25, 0.3) is 0 Å². The van der Waals surface area contributed by atoms with Crippen molar-refractivity contribution in [2.75, 3.05) is 13.7 Å². The number of alkyl halides is 1. The number of aliphatic hydroxyl groups is 1. The van der Waals surface area contributed by atoms with E-state index in [9.17, 15) is 5.11 Å². The number of methoxy groups -OCH3 is 1. The maximum absolute atomic E-state index is 10.6. The van der Waals surface area contributed by atoms with E-state index in [1.807, 2.05) is 0 Å². The summed E-state index contributed by atoms with van der Waals surface area (Å²) in [7, 11) is 1.68. The van der Waals surface area contributed by atoms with E-state index in [1.54, 1.807) is 7.11 Å². The molecule has 0 saturated carbocycles. The first-order valence-electron chi connectivity index (χ1n) is 8.27. The summed E-state index contributed by atoms with van der Waals surface area (Å²) >= 11 is 6.27. The van der Waals surface area contributed by atoms with Crippen molar-refractivity contribution in [3.63, 3.8) is 0 Å². The summed E-state index contributed by atoms with van der Waals surface area (Å²) in [5, 5.41) is 10.6. The molecule has 0 saturated heterocycles. The lowest BCUT2D eigenvalue weighted by atomic mass is 9.82. The molecule has 0 amide bonds. The molecule has 0 radical (unpaired) electrons. The highest BCUT2D eigenvalue weighted by Gasteiger charge is 2.26. The van der Waals surface area contributed by atoms with Gasteiger partial charge in [0.15, 0.2) is 0 Å². The smallest absolute Gasteiger partial charge is 0.0626 e. The molecule has 1 unspecified atom stereocenters. The Labute approximate surface area is 131 Å². The fraction of sp³-hybridized carbons (Fsp3) is 1.00. The first kappa shape index (κ1) is 20.2. The van der Waals surface area contributed by atoms with Crippen LogP contribution in [0, 0.1) is 17.8 Å². The quantitative estimate of drug-likeness (QED) is 0.521. The number of halogens is 1. The molecule has 0 spiro atoms. The molecule has 0 aliphatic carbocycles. The van der Waals surface area contributed by atoms with E-state index in [1.165, 1.54) is 12.8 Å². The van der Waals surface area contributed by atoms with Crippen LogP contribution in [0.4, 0.5) is 0 Å². The van der Waals surface area contributed by atoms with Crippen LogP contribution in [0.2, 0.25) is 0 Å². The van der Waals surface area contributed by atoms with Crippen molar-refractivity contribution in [2.24, 2.45) is 17.8 Å². The Kier molecular flexibility index (Phi) is 11.9. The Bertz CT molecular complexity index is 223. The molecule has 3 heteroatoms. The second-order valence-corrected chi connectivity index (χ2v) is 7.01. The zero-order valence-corrected chi connectivity index (χ0v) is 14.8. The maximum Gasteiger partial charge on any atom is 0.0626 e. The van der Waals surface area contributed by atoms with E-state index >= 15 is 0 Å². The van der Waals surface area contributed by atoms with Gasteiger partial charge in [0.2, 0.25) is 0 Å². The molecular weight excluding hydrogens is 272 g/mol. The lowest BCUT2D eigenvalue weighted by molar-refractivity contribution is 0.0394. The summed E-state index contributed by atoms with van der Waals surface area (Å²) in [6.45, 7) is 9.43. The van der Waals surface area contributed by atoms with Gasteiger partial charge >= 0.3 is 0 Å². The predicted octanol–water partition coefficient (Wildman–Crippen LogP) is 4.87. The monoisotopic (exact) mass is 306 g/mol. The molecule has 0 aliphatic heterocycles. The minimum Gasteiger partial charge on any atom is -0.393 e. The predicted molar refractivity (Wildman–Crippen MR) is 88.4 cm³/mol. The molecular formula is C17H35ClO2. The van der Waals surface area contributed by atoms with Gasteiger partial charge < -0.3 is 9.84 Å². The van der Waals surface area contributed by atoms with Crippen LogP contribution in [-0.4, -0.2) is 30.3 Å². The normalized spacial score (nSPS) is 19.4. The molecule has 0 fully saturated rings. The Balaban J connectivity index is 4.34. The molecule has 0 rings (SSSR count). The van der Waals surface area contributed by atoms with Crippen molar-refractivity contribution >= 4 is 11.6 Å². The van der Waals surface area contributed by atoms with Crippen LogP contribution in [0.1, 0.15) is 66.2 Å². The van der Waals surface area contributed by atoms with Crippen LogP contribution in [-0.2, 0) is 4.74 Å². The van der Waals surface area contributed by atoms with E-state index < -0.39 is 0 Å². The third-order valence-corrected chi connectivity index (χ3v) is 4.75. The topological polar surface area (TPSA) is 29.5 Å². The molecule has 0 aromatic heterocycles. The molecule has 5 atom stereocenters. The van der Waals surface area contributed by atoms with Crippen molar-refractivity contribution < 1.29 is 9.84 Å². The number of hydrogen-bond donors (Lipinski definition) is 1. The summed E-state index contributed by atoms with van der Waals surface area (Å²) in [5.41, 5.74) is 0. The van der Waals surface area contributed by atoms with Gasteiger partial charge in [0, 0.05) is 7.11 Å². The SMILES string of the molecule is CCC[C@@H](CC(Cl)COC)[C@@H](O)[C@H](C)CC[C@@H](C)CC. The van der Waals surface area contributed by atoms with Gasteiger partial charge in [0.1, 0.15) is 0 Å². The van der Waals surface area contributed by atoms with Gasteiger partial charge in [-0.1, -0.05) is 47.0 Å². The fourth-order valence-corrected chi connectivity index (χ4v) is 3.12. The summed E-state index contributed by atoms with van der Waals surface area (Å²) < 4.78 is 5.10. The van der Waals surface area contributed by atoms with E-state index in [4.69, 9.17) is 16.3 Å². The molecule has 0 aliphatic rings. The van der Waals surface area contributed by atoms with Crippen LogP contribution in [0.15, 0.2) is 0 Å². The average molecular weight is 307 g/mol. The van der Waals surface area contributed by atoms with Gasteiger partial charge in [-0.25, -0.2) is 0 Å². The number of hydrogen-bond acceptors (Lipinski definition) is 2. The summed E-state index contributed by atoms with van der Waals surface area (Å²) in [4.78, 5) is 0. The van der Waals surface area contributed by atoms with Gasteiger partial charge in [0.25, 0.3) is 0 Å². The maximum atomic E-state index is 10.6. The average Bonchev–Trinajstić information content (AvgIpc) is 2.43. The highest BCUT2D eigenvalue weighted by atomic mass is 35.5. The number of ether oxygens (including phenoxy) is 1. The third-order valence-electron chi connectivity index (χ3n) is 4.44. The van der Waals surface area contributed by atoms with Crippen molar-refractivity contribution in [1.29, 1.82) is 0 Å². The summed E-state index contributed by atoms with van der Waals surface area (Å²) in [6.07, 6.45) is 6.27. The van der Waals surface area contributed by atoms with Crippen molar-refractivity contribution in [3.8, 4) is 0 Å². The van der Waals surface area contributed by atoms with Gasteiger partial charge in [-0.3, -0.25) is 0 Å². The van der Waals surface area contributed by atoms with Crippen LogP contribution in [0.3, 0.4) is 0 Å². The van der Waals surface area contributed by atoms with Gasteiger partial charge in [0.05, 0.1) is 18.1 Å². The number of rotatable bonds is 12. The molecule has 1 N–H and O–H groups in total. The van der Waals surface area contributed by atoms with Crippen LogP contribution in [0.5, 0.6) is 0 Å². The fourth-order valence-electron chi connectivity index (χ4n) is 2.76. The molecule has 2 nitrogen and oxygen atoms in total. The molecule has 122 valence electrons. The summed E-state index contributed by atoms with van der Waals surface area (Å²) in [5.74, 6) is 1.40. The molecule has 0 bridgehead atoms. The van der Waals surface area contributed by atoms with Gasteiger partial charge in [-0.2, -0.15) is 0 Å². The summed E-state index contributed by atoms with van der Waals surface area (Å²) in [6, 6.07) is 0.